The number of pyridine rings is 1. The van der Waals surface area contributed by atoms with Gasteiger partial charge < -0.3 is 0 Å². The Balaban J connectivity index is 0.000000980. The number of halogens is 2. The third-order valence-corrected chi connectivity index (χ3v) is 2.33. The van der Waals surface area contributed by atoms with E-state index in [1.54, 1.807) is 0 Å². The summed E-state index contributed by atoms with van der Waals surface area (Å²) in [5, 5.41) is 0. The first kappa shape index (κ1) is 14.4. The predicted octanol–water partition coefficient (Wildman–Crippen LogP) is 3.21. The van der Waals surface area contributed by atoms with E-state index < -0.39 is 0 Å². The lowest BCUT2D eigenvalue weighted by atomic mass is 10.0. The van der Waals surface area contributed by atoms with Gasteiger partial charge in [-0.3, -0.25) is 9.98 Å². The maximum atomic E-state index is 4.52. The molecule has 0 radical (unpaired) electrons. The fraction of sp³-hybridized carbons (Fsp3) is 0.455. The van der Waals surface area contributed by atoms with Crippen molar-refractivity contribution >= 4 is 30.5 Å². The second-order valence-corrected chi connectivity index (χ2v) is 3.54. The fourth-order valence-electron chi connectivity index (χ4n) is 1.65. The topological polar surface area (TPSA) is 25.2 Å². The van der Waals surface area contributed by atoms with Gasteiger partial charge in [-0.25, -0.2) is 0 Å². The van der Waals surface area contributed by atoms with Crippen molar-refractivity contribution in [1.29, 1.82) is 0 Å². The first-order chi connectivity index (χ1) is 6.36. The lowest BCUT2D eigenvalue weighted by Crippen LogP contribution is -2.08. The molecule has 1 aromatic rings. The Morgan fingerprint density at radius 3 is 2.53 bits per heavy atom. The summed E-state index contributed by atoms with van der Waals surface area (Å²) in [6, 6.07) is 2.16. The van der Waals surface area contributed by atoms with Crippen molar-refractivity contribution in [3.05, 3.63) is 29.6 Å². The summed E-state index contributed by atoms with van der Waals surface area (Å²) in [6.07, 6.45) is 7.42. The second-order valence-electron chi connectivity index (χ2n) is 3.54. The average molecular weight is 247 g/mol. The maximum Gasteiger partial charge on any atom is 0.0436 e. The molecule has 1 aliphatic heterocycles. The SMILES string of the molecule is Cc1cncc(C2=NCCCC2)c1.Cl.Cl. The largest absolute Gasteiger partial charge is 0.289 e. The van der Waals surface area contributed by atoms with Crippen LogP contribution in [0.5, 0.6) is 0 Å². The fourth-order valence-corrected chi connectivity index (χ4v) is 1.65. The van der Waals surface area contributed by atoms with Crippen LogP contribution in [0.1, 0.15) is 30.4 Å². The highest BCUT2D eigenvalue weighted by molar-refractivity contribution is 6.00. The number of hydrogen-bond donors (Lipinski definition) is 0. The molecule has 0 unspecified atom stereocenters. The summed E-state index contributed by atoms with van der Waals surface area (Å²) in [7, 11) is 0. The number of aryl methyl sites for hydroxylation is 1. The molecule has 0 aromatic carbocycles. The van der Waals surface area contributed by atoms with Gasteiger partial charge in [-0.05, 0) is 37.8 Å². The molecule has 0 fully saturated rings. The van der Waals surface area contributed by atoms with Gasteiger partial charge >= 0.3 is 0 Å². The molecule has 0 atom stereocenters. The molecule has 4 heteroatoms. The number of hydrogen-bond acceptors (Lipinski definition) is 2. The van der Waals surface area contributed by atoms with Crippen LogP contribution in [0, 0.1) is 6.92 Å². The van der Waals surface area contributed by atoms with Gasteiger partial charge in [0.1, 0.15) is 0 Å². The summed E-state index contributed by atoms with van der Waals surface area (Å²) >= 11 is 0. The third-order valence-electron chi connectivity index (χ3n) is 2.33. The van der Waals surface area contributed by atoms with Crippen molar-refractivity contribution in [3.63, 3.8) is 0 Å². The molecule has 2 rings (SSSR count). The van der Waals surface area contributed by atoms with E-state index >= 15 is 0 Å². The van der Waals surface area contributed by atoms with Crippen LogP contribution in [0.4, 0.5) is 0 Å². The molecule has 0 N–H and O–H groups in total. The Morgan fingerprint density at radius 2 is 1.93 bits per heavy atom. The highest BCUT2D eigenvalue weighted by Crippen LogP contribution is 2.13. The minimum absolute atomic E-state index is 0. The van der Waals surface area contributed by atoms with E-state index in [4.69, 9.17) is 0 Å². The molecular formula is C11H16Cl2N2. The molecule has 0 spiro atoms. The highest BCUT2D eigenvalue weighted by Gasteiger charge is 2.07. The molecule has 2 heterocycles. The summed E-state index contributed by atoms with van der Waals surface area (Å²) in [4.78, 5) is 8.70. The average Bonchev–Trinajstić information content (AvgIpc) is 2.19. The number of aromatic nitrogens is 1. The lowest BCUT2D eigenvalue weighted by molar-refractivity contribution is 0.738. The summed E-state index contributed by atoms with van der Waals surface area (Å²) in [5.74, 6) is 0. The number of aliphatic imine (C=N–C) groups is 1. The molecule has 0 aliphatic carbocycles. The van der Waals surface area contributed by atoms with Crippen molar-refractivity contribution in [2.45, 2.75) is 26.2 Å². The summed E-state index contributed by atoms with van der Waals surface area (Å²) < 4.78 is 0. The number of nitrogens with zero attached hydrogens (tertiary/aromatic N) is 2. The Morgan fingerprint density at radius 1 is 1.13 bits per heavy atom. The maximum absolute atomic E-state index is 4.52. The van der Waals surface area contributed by atoms with Crippen molar-refractivity contribution in [2.24, 2.45) is 4.99 Å². The third kappa shape index (κ3) is 3.80. The van der Waals surface area contributed by atoms with Gasteiger partial charge in [-0.1, -0.05) is 0 Å². The molecule has 84 valence electrons. The highest BCUT2D eigenvalue weighted by atomic mass is 35.5. The molecule has 2 nitrogen and oxygen atoms in total. The van der Waals surface area contributed by atoms with E-state index in [1.165, 1.54) is 29.7 Å². The van der Waals surface area contributed by atoms with Crippen LogP contribution >= 0.6 is 24.8 Å². The van der Waals surface area contributed by atoms with Gasteiger partial charge in [-0.2, -0.15) is 0 Å². The van der Waals surface area contributed by atoms with Crippen LogP contribution in [0.3, 0.4) is 0 Å². The van der Waals surface area contributed by atoms with Crippen LogP contribution in [0.25, 0.3) is 0 Å². The van der Waals surface area contributed by atoms with Gasteiger partial charge in [0.25, 0.3) is 0 Å². The zero-order chi connectivity index (χ0) is 9.10. The van der Waals surface area contributed by atoms with E-state index in [9.17, 15) is 0 Å². The summed E-state index contributed by atoms with van der Waals surface area (Å²) in [6.45, 7) is 3.06. The van der Waals surface area contributed by atoms with E-state index in [0.29, 0.717) is 0 Å². The molecule has 0 saturated heterocycles. The second kappa shape index (κ2) is 6.81. The first-order valence-corrected chi connectivity index (χ1v) is 4.81. The lowest BCUT2D eigenvalue weighted by Gasteiger charge is -2.11. The molecule has 1 aromatic heterocycles. The first-order valence-electron chi connectivity index (χ1n) is 4.81. The Bertz CT molecular complexity index is 337. The molecule has 0 saturated carbocycles. The molecule has 0 amide bonds. The van der Waals surface area contributed by atoms with E-state index in [2.05, 4.69) is 23.0 Å². The predicted molar refractivity (Wildman–Crippen MR) is 68.7 cm³/mol. The molecule has 15 heavy (non-hydrogen) atoms. The van der Waals surface area contributed by atoms with Crippen LogP contribution in [-0.4, -0.2) is 17.2 Å². The molecule has 1 aliphatic rings. The van der Waals surface area contributed by atoms with Gasteiger partial charge in [0, 0.05) is 30.2 Å². The van der Waals surface area contributed by atoms with Crippen LogP contribution < -0.4 is 0 Å². The Labute approximate surface area is 103 Å². The van der Waals surface area contributed by atoms with Crippen LogP contribution in [0.15, 0.2) is 23.5 Å². The van der Waals surface area contributed by atoms with Gasteiger partial charge in [-0.15, -0.1) is 24.8 Å². The van der Waals surface area contributed by atoms with Crippen molar-refractivity contribution in [2.75, 3.05) is 6.54 Å². The van der Waals surface area contributed by atoms with Gasteiger partial charge in [0.05, 0.1) is 0 Å². The van der Waals surface area contributed by atoms with E-state index in [0.717, 1.165) is 13.0 Å². The summed E-state index contributed by atoms with van der Waals surface area (Å²) in [5.41, 5.74) is 3.66. The van der Waals surface area contributed by atoms with Gasteiger partial charge in [0.2, 0.25) is 0 Å². The van der Waals surface area contributed by atoms with Crippen molar-refractivity contribution in [1.82, 2.24) is 4.98 Å². The normalized spacial score (nSPS) is 14.6. The van der Waals surface area contributed by atoms with Crippen LogP contribution in [0.2, 0.25) is 0 Å². The standard InChI is InChI=1S/C11H14N2.2ClH/c1-9-6-10(8-12-7-9)11-4-2-3-5-13-11;;/h6-8H,2-5H2,1H3;2*1H. The quantitative estimate of drug-likeness (QED) is 0.748. The van der Waals surface area contributed by atoms with Crippen molar-refractivity contribution < 1.29 is 0 Å². The Hall–Kier alpha value is -0.600. The molecular weight excluding hydrogens is 231 g/mol. The van der Waals surface area contributed by atoms with Crippen LogP contribution in [-0.2, 0) is 0 Å². The number of rotatable bonds is 1. The van der Waals surface area contributed by atoms with Crippen molar-refractivity contribution in [3.8, 4) is 0 Å². The van der Waals surface area contributed by atoms with E-state index in [1.807, 2.05) is 12.4 Å². The minimum Gasteiger partial charge on any atom is -0.289 e. The van der Waals surface area contributed by atoms with E-state index in [-0.39, 0.29) is 24.8 Å². The monoisotopic (exact) mass is 246 g/mol. The van der Waals surface area contributed by atoms with Gasteiger partial charge in [0.15, 0.2) is 0 Å². The minimum atomic E-state index is 0. The smallest absolute Gasteiger partial charge is 0.0436 e. The zero-order valence-corrected chi connectivity index (χ0v) is 10.4. The Kier molecular flexibility index (Phi) is 6.53. The molecule has 0 bridgehead atoms. The zero-order valence-electron chi connectivity index (χ0n) is 8.77.